The van der Waals surface area contributed by atoms with E-state index in [0.717, 1.165) is 67.4 Å². The Morgan fingerprint density at radius 3 is 1.71 bits per heavy atom. The predicted molar refractivity (Wildman–Crippen MR) is 241 cm³/mol. The number of fused-ring (bicyclic) bond motifs is 9. The fourth-order valence-corrected chi connectivity index (χ4v) is 9.14. The van der Waals surface area contributed by atoms with Crippen LogP contribution in [0.4, 0.5) is 11.4 Å². The van der Waals surface area contributed by atoms with Gasteiger partial charge in [-0.2, -0.15) is 0 Å². The van der Waals surface area contributed by atoms with Crippen molar-refractivity contribution in [2.24, 2.45) is 0 Å². The molecule has 4 nitrogen and oxygen atoms in total. The summed E-state index contributed by atoms with van der Waals surface area (Å²) in [5, 5.41) is 7.06. The zero-order valence-electron chi connectivity index (χ0n) is 31.5. The van der Waals surface area contributed by atoms with Crippen LogP contribution in [0.3, 0.4) is 0 Å². The Labute approximate surface area is 334 Å². The number of nitrogens with zero attached hydrogens (tertiary/aromatic N) is 2. The van der Waals surface area contributed by atoms with E-state index in [9.17, 15) is 0 Å². The van der Waals surface area contributed by atoms with Crippen LogP contribution in [-0.2, 0) is 0 Å². The van der Waals surface area contributed by atoms with Gasteiger partial charge in [0.25, 0.3) is 0 Å². The van der Waals surface area contributed by atoms with Crippen LogP contribution in [0.25, 0.3) is 88.1 Å². The molecular formula is C54H36N2O2. The largest absolute Gasteiger partial charge is 0.456 e. The number of hydrogen-bond acceptors (Lipinski definition) is 3. The molecule has 3 aromatic heterocycles. The van der Waals surface area contributed by atoms with Crippen molar-refractivity contribution in [3.63, 3.8) is 0 Å². The minimum atomic E-state index is 0.0914. The Balaban J connectivity index is 0.962. The van der Waals surface area contributed by atoms with E-state index in [4.69, 9.17) is 8.83 Å². The molecule has 0 saturated heterocycles. The Bertz CT molecular complexity index is 3430. The number of benzene rings is 8. The second kappa shape index (κ2) is 13.0. The monoisotopic (exact) mass is 744 g/mol. The lowest BCUT2D eigenvalue weighted by atomic mass is 9.94. The van der Waals surface area contributed by atoms with Gasteiger partial charge in [-0.3, -0.25) is 0 Å². The van der Waals surface area contributed by atoms with Gasteiger partial charge in [-0.1, -0.05) is 121 Å². The summed E-state index contributed by atoms with van der Waals surface area (Å²) in [4.78, 5) is 2.50. The third-order valence-corrected chi connectivity index (χ3v) is 11.9. The van der Waals surface area contributed by atoms with Gasteiger partial charge in [0.2, 0.25) is 0 Å². The first kappa shape index (κ1) is 32.7. The summed E-state index contributed by atoms with van der Waals surface area (Å²) >= 11 is 0. The lowest BCUT2D eigenvalue weighted by Gasteiger charge is -2.33. The smallest absolute Gasteiger partial charge is 0.135 e. The van der Waals surface area contributed by atoms with Crippen LogP contribution in [0, 0.1) is 0 Å². The fourth-order valence-electron chi connectivity index (χ4n) is 9.14. The topological polar surface area (TPSA) is 34.5 Å². The van der Waals surface area contributed by atoms with Crippen LogP contribution in [0.15, 0.2) is 209 Å². The van der Waals surface area contributed by atoms with Crippen LogP contribution in [-0.4, -0.2) is 10.6 Å². The first-order chi connectivity index (χ1) is 28.7. The van der Waals surface area contributed by atoms with Gasteiger partial charge in [0.15, 0.2) is 0 Å². The van der Waals surface area contributed by atoms with E-state index in [2.05, 4.69) is 185 Å². The van der Waals surface area contributed by atoms with E-state index >= 15 is 0 Å². The molecule has 0 N–H and O–H groups in total. The van der Waals surface area contributed by atoms with E-state index in [1.54, 1.807) is 0 Å². The highest BCUT2D eigenvalue weighted by Crippen LogP contribution is 2.40. The molecule has 274 valence electrons. The number of allylic oxidation sites excluding steroid dienone is 2. The van der Waals surface area contributed by atoms with E-state index in [1.165, 1.54) is 44.1 Å². The highest BCUT2D eigenvalue weighted by molar-refractivity contribution is 6.11. The van der Waals surface area contributed by atoms with Crippen LogP contribution in [0.1, 0.15) is 12.0 Å². The van der Waals surface area contributed by atoms with Crippen molar-refractivity contribution in [2.45, 2.75) is 12.5 Å². The first-order valence-electron chi connectivity index (χ1n) is 19.9. The Morgan fingerprint density at radius 2 is 1.00 bits per heavy atom. The average Bonchev–Trinajstić information content (AvgIpc) is 3.96. The SMILES string of the molecule is C1=CC(N(c2ccc(-c3ccc4oc5ccccc5c4c3)cc2)c2ccc3c4ccccc4n(-c4ccccc4)c3c2)CC=C1c1ccc2oc3ccccc3c2c1. The Kier molecular flexibility index (Phi) is 7.32. The summed E-state index contributed by atoms with van der Waals surface area (Å²) in [6, 6.07) is 65.1. The standard InChI is InChI=1S/C54H36N2O2/c1-2-10-39(11-3-1)56-49-15-7-4-12-43(49)44-29-28-42(34-50(44)56)55(40-24-18-35(19-25-40)37-22-30-53-47(32-37)45-13-5-8-16-51(45)57-53)41-26-20-36(21-27-41)38-23-31-54-48(33-38)46-14-6-9-17-52(46)58-54/h1-26,28-34,41H,27H2. The maximum atomic E-state index is 6.15. The van der Waals surface area contributed by atoms with Gasteiger partial charge >= 0.3 is 0 Å². The summed E-state index contributed by atoms with van der Waals surface area (Å²) in [5.74, 6) is 0. The van der Waals surface area contributed by atoms with Crippen molar-refractivity contribution in [1.82, 2.24) is 4.57 Å². The lowest BCUT2D eigenvalue weighted by molar-refractivity contribution is 0.668. The molecule has 3 heterocycles. The molecular weight excluding hydrogens is 709 g/mol. The van der Waals surface area contributed by atoms with Gasteiger partial charge in [-0.15, -0.1) is 0 Å². The van der Waals surface area contributed by atoms with Crippen molar-refractivity contribution in [2.75, 3.05) is 4.90 Å². The molecule has 0 spiro atoms. The number of anilines is 2. The molecule has 0 aliphatic heterocycles. The number of furan rings is 2. The highest BCUT2D eigenvalue weighted by Gasteiger charge is 2.23. The summed E-state index contributed by atoms with van der Waals surface area (Å²) in [7, 11) is 0. The molecule has 0 saturated carbocycles. The minimum absolute atomic E-state index is 0.0914. The molecule has 1 aliphatic rings. The highest BCUT2D eigenvalue weighted by atomic mass is 16.3. The van der Waals surface area contributed by atoms with Gasteiger partial charge in [0, 0.05) is 49.4 Å². The van der Waals surface area contributed by atoms with Gasteiger partial charge in [-0.05, 0) is 108 Å². The second-order valence-electron chi connectivity index (χ2n) is 15.2. The molecule has 1 unspecified atom stereocenters. The predicted octanol–water partition coefficient (Wildman–Crippen LogP) is 14.8. The van der Waals surface area contributed by atoms with Crippen LogP contribution >= 0.6 is 0 Å². The van der Waals surface area contributed by atoms with Gasteiger partial charge in [-0.25, -0.2) is 0 Å². The third kappa shape index (κ3) is 5.23. The van der Waals surface area contributed by atoms with E-state index < -0.39 is 0 Å². The minimum Gasteiger partial charge on any atom is -0.456 e. The third-order valence-electron chi connectivity index (χ3n) is 11.9. The Morgan fingerprint density at radius 1 is 0.431 bits per heavy atom. The summed E-state index contributed by atoms with van der Waals surface area (Å²) in [6.45, 7) is 0. The normalized spacial score (nSPS) is 14.3. The zero-order valence-corrected chi connectivity index (χ0v) is 31.5. The van der Waals surface area contributed by atoms with Crippen LogP contribution < -0.4 is 4.90 Å². The number of aromatic nitrogens is 1. The molecule has 12 rings (SSSR count). The average molecular weight is 745 g/mol. The molecule has 8 aromatic carbocycles. The molecule has 1 atom stereocenters. The van der Waals surface area contributed by atoms with E-state index in [0.29, 0.717) is 0 Å². The number of hydrogen-bond donors (Lipinski definition) is 0. The number of rotatable bonds is 6. The molecule has 0 radical (unpaired) electrons. The number of para-hydroxylation sites is 4. The van der Waals surface area contributed by atoms with Gasteiger partial charge in [0.05, 0.1) is 17.1 Å². The second-order valence-corrected chi connectivity index (χ2v) is 15.2. The molecule has 0 bridgehead atoms. The summed E-state index contributed by atoms with van der Waals surface area (Å²) in [6.07, 6.45) is 7.90. The van der Waals surface area contributed by atoms with Crippen molar-refractivity contribution in [3.8, 4) is 16.8 Å². The van der Waals surface area contributed by atoms with Crippen molar-refractivity contribution >= 4 is 82.6 Å². The maximum Gasteiger partial charge on any atom is 0.135 e. The van der Waals surface area contributed by atoms with Crippen molar-refractivity contribution < 1.29 is 8.83 Å². The van der Waals surface area contributed by atoms with Crippen molar-refractivity contribution in [3.05, 3.63) is 206 Å². The lowest BCUT2D eigenvalue weighted by Crippen LogP contribution is -2.30. The summed E-state index contributed by atoms with van der Waals surface area (Å²) < 4.78 is 14.7. The van der Waals surface area contributed by atoms with Crippen molar-refractivity contribution in [1.29, 1.82) is 0 Å². The van der Waals surface area contributed by atoms with Crippen LogP contribution in [0.2, 0.25) is 0 Å². The van der Waals surface area contributed by atoms with E-state index in [-0.39, 0.29) is 6.04 Å². The first-order valence-corrected chi connectivity index (χ1v) is 19.9. The Hall–Kier alpha value is -7.56. The van der Waals surface area contributed by atoms with Gasteiger partial charge in [0.1, 0.15) is 22.3 Å². The summed E-state index contributed by atoms with van der Waals surface area (Å²) in [5.41, 5.74) is 14.2. The molecule has 1 aliphatic carbocycles. The molecule has 0 amide bonds. The molecule has 58 heavy (non-hydrogen) atoms. The van der Waals surface area contributed by atoms with Crippen LogP contribution in [0.5, 0.6) is 0 Å². The van der Waals surface area contributed by atoms with E-state index in [1.807, 2.05) is 24.3 Å². The van der Waals surface area contributed by atoms with Gasteiger partial charge < -0.3 is 18.3 Å². The fraction of sp³-hybridized carbons (Fsp3) is 0.0370. The molecule has 11 aromatic rings. The maximum absolute atomic E-state index is 6.15. The molecule has 0 fully saturated rings. The molecule has 4 heteroatoms. The zero-order chi connectivity index (χ0) is 38.2. The quantitative estimate of drug-likeness (QED) is 0.170.